The van der Waals surface area contributed by atoms with Crippen molar-refractivity contribution in [2.75, 3.05) is 0 Å². The van der Waals surface area contributed by atoms with Gasteiger partial charge in [-0.3, -0.25) is 14.5 Å². The van der Waals surface area contributed by atoms with Gasteiger partial charge in [0, 0.05) is 42.7 Å². The molecule has 1 saturated carbocycles. The molecule has 168 valence electrons. The van der Waals surface area contributed by atoms with Gasteiger partial charge in [-0.2, -0.15) is 23.4 Å². The summed E-state index contributed by atoms with van der Waals surface area (Å²) in [5, 5.41) is 11.1. The number of fused-ring (bicyclic) bond motifs is 1. The van der Waals surface area contributed by atoms with Gasteiger partial charge in [-0.25, -0.2) is 4.68 Å². The molecule has 0 saturated heterocycles. The molecule has 0 spiro atoms. The van der Waals surface area contributed by atoms with E-state index in [9.17, 15) is 18.0 Å². The highest BCUT2D eigenvalue weighted by molar-refractivity contribution is 5.93. The third-order valence-corrected chi connectivity index (χ3v) is 6.09. The van der Waals surface area contributed by atoms with E-state index in [1.165, 1.54) is 7.05 Å². The number of alkyl halides is 3. The first-order chi connectivity index (χ1) is 15.3. The minimum atomic E-state index is -4.60. The van der Waals surface area contributed by atoms with Crippen molar-refractivity contribution in [3.05, 3.63) is 58.9 Å². The Kier molecular flexibility index (Phi) is 5.02. The van der Waals surface area contributed by atoms with E-state index in [1.54, 1.807) is 6.20 Å². The molecule has 1 fully saturated rings. The van der Waals surface area contributed by atoms with Crippen molar-refractivity contribution in [2.24, 2.45) is 7.05 Å². The molecule has 2 aliphatic carbocycles. The Labute approximate surface area is 182 Å². The van der Waals surface area contributed by atoms with Crippen molar-refractivity contribution in [1.82, 2.24) is 29.9 Å². The Morgan fingerprint density at radius 2 is 1.97 bits per heavy atom. The summed E-state index contributed by atoms with van der Waals surface area (Å²) in [5.74, 6) is -0.0584. The average Bonchev–Trinajstić information content (AvgIpc) is 3.44. The highest BCUT2D eigenvalue weighted by Crippen LogP contribution is 2.39. The number of halogens is 3. The maximum absolute atomic E-state index is 13.0. The van der Waals surface area contributed by atoms with Crippen molar-refractivity contribution in [2.45, 2.75) is 56.7 Å². The minimum absolute atomic E-state index is 0.126. The summed E-state index contributed by atoms with van der Waals surface area (Å²) in [4.78, 5) is 17.3. The summed E-state index contributed by atoms with van der Waals surface area (Å²) < 4.78 is 41.7. The topological polar surface area (TPSA) is 77.6 Å². The lowest BCUT2D eigenvalue weighted by molar-refractivity contribution is -0.141. The Morgan fingerprint density at radius 3 is 2.69 bits per heavy atom. The van der Waals surface area contributed by atoms with E-state index in [4.69, 9.17) is 5.10 Å². The molecule has 10 heteroatoms. The van der Waals surface area contributed by atoms with Crippen molar-refractivity contribution < 1.29 is 18.0 Å². The van der Waals surface area contributed by atoms with Gasteiger partial charge < -0.3 is 5.32 Å². The zero-order valence-corrected chi connectivity index (χ0v) is 17.6. The third-order valence-electron chi connectivity index (χ3n) is 6.09. The summed E-state index contributed by atoms with van der Waals surface area (Å²) in [6.07, 6.45) is 4.73. The van der Waals surface area contributed by atoms with Crippen LogP contribution in [0, 0.1) is 0 Å². The van der Waals surface area contributed by atoms with Gasteiger partial charge >= 0.3 is 6.18 Å². The van der Waals surface area contributed by atoms with E-state index in [0.717, 1.165) is 65.5 Å². The highest BCUT2D eigenvalue weighted by atomic mass is 19.4. The van der Waals surface area contributed by atoms with Crippen LogP contribution in [0.4, 0.5) is 13.2 Å². The molecule has 1 amide bonds. The number of aromatic nitrogens is 5. The van der Waals surface area contributed by atoms with Gasteiger partial charge in [0.25, 0.3) is 5.91 Å². The van der Waals surface area contributed by atoms with Crippen molar-refractivity contribution in [1.29, 1.82) is 0 Å². The van der Waals surface area contributed by atoms with E-state index in [0.29, 0.717) is 12.3 Å². The summed E-state index contributed by atoms with van der Waals surface area (Å²) in [6.45, 7) is 0. The smallest absolute Gasteiger partial charge is 0.344 e. The van der Waals surface area contributed by atoms with Crippen molar-refractivity contribution >= 4 is 5.91 Å². The molecule has 0 radical (unpaired) electrons. The summed E-state index contributed by atoms with van der Waals surface area (Å²) in [7, 11) is 1.33. The SMILES string of the molecule is Cn1nc(C(F)(F)F)cc1C(=O)NC1CCCCc2nn(-c3ccnc(C4CC4)c3)cc21. The van der Waals surface area contributed by atoms with E-state index in [1.807, 2.05) is 23.0 Å². The van der Waals surface area contributed by atoms with Gasteiger partial charge in [0.1, 0.15) is 5.69 Å². The fraction of sp³-hybridized carbons (Fsp3) is 0.455. The van der Waals surface area contributed by atoms with Crippen LogP contribution in [0.3, 0.4) is 0 Å². The average molecular weight is 444 g/mol. The number of hydrogen-bond donors (Lipinski definition) is 1. The van der Waals surface area contributed by atoms with Gasteiger partial charge in [0.2, 0.25) is 0 Å². The van der Waals surface area contributed by atoms with E-state index in [-0.39, 0.29) is 11.7 Å². The summed E-state index contributed by atoms with van der Waals surface area (Å²) in [5.41, 5.74) is 2.58. The maximum Gasteiger partial charge on any atom is 0.435 e. The van der Waals surface area contributed by atoms with Crippen LogP contribution in [-0.2, 0) is 19.6 Å². The normalized spacial score (nSPS) is 18.8. The van der Waals surface area contributed by atoms with Crippen LogP contribution in [0.2, 0.25) is 0 Å². The number of nitrogens with zero attached hydrogens (tertiary/aromatic N) is 5. The Balaban J connectivity index is 1.41. The molecule has 1 N–H and O–H groups in total. The molecule has 0 aliphatic heterocycles. The van der Waals surface area contributed by atoms with Crippen LogP contribution in [0.25, 0.3) is 5.69 Å². The predicted octanol–water partition coefficient (Wildman–Crippen LogP) is 4.09. The van der Waals surface area contributed by atoms with Gasteiger partial charge in [0.15, 0.2) is 5.69 Å². The van der Waals surface area contributed by atoms with Crippen LogP contribution in [0.5, 0.6) is 0 Å². The number of nitrogens with one attached hydrogen (secondary N) is 1. The molecule has 5 rings (SSSR count). The molecule has 1 atom stereocenters. The van der Waals surface area contributed by atoms with Gasteiger partial charge in [0.05, 0.1) is 17.4 Å². The third kappa shape index (κ3) is 4.01. The lowest BCUT2D eigenvalue weighted by Gasteiger charge is -2.16. The Bertz CT molecular complexity index is 1160. The molecule has 3 aromatic heterocycles. The lowest BCUT2D eigenvalue weighted by atomic mass is 10.1. The fourth-order valence-corrected chi connectivity index (χ4v) is 4.22. The molecule has 3 heterocycles. The number of aryl methyl sites for hydroxylation is 2. The van der Waals surface area contributed by atoms with Crippen LogP contribution < -0.4 is 5.32 Å². The standard InChI is InChI=1S/C22H23F3N6O/c1-30-19(11-20(29-30)22(23,24)25)21(32)27-16-4-2-3-5-17-15(16)12-31(28-17)14-8-9-26-18(10-14)13-6-7-13/h8-13,16H,2-7H2,1H3,(H,27,32). The summed E-state index contributed by atoms with van der Waals surface area (Å²) >= 11 is 0. The zero-order valence-electron chi connectivity index (χ0n) is 17.6. The molecule has 7 nitrogen and oxygen atoms in total. The van der Waals surface area contributed by atoms with Crippen LogP contribution in [-0.4, -0.2) is 30.5 Å². The van der Waals surface area contributed by atoms with E-state index < -0.39 is 17.8 Å². The number of pyridine rings is 1. The minimum Gasteiger partial charge on any atom is -0.344 e. The van der Waals surface area contributed by atoms with Gasteiger partial charge in [-0.1, -0.05) is 6.42 Å². The molecular weight excluding hydrogens is 421 g/mol. The number of rotatable bonds is 4. The predicted molar refractivity (Wildman–Crippen MR) is 109 cm³/mol. The highest BCUT2D eigenvalue weighted by Gasteiger charge is 2.36. The number of hydrogen-bond acceptors (Lipinski definition) is 4. The monoisotopic (exact) mass is 444 g/mol. The molecule has 2 aliphatic rings. The maximum atomic E-state index is 13.0. The first-order valence-corrected chi connectivity index (χ1v) is 10.8. The first kappa shape index (κ1) is 20.7. The largest absolute Gasteiger partial charge is 0.435 e. The van der Waals surface area contributed by atoms with E-state index >= 15 is 0 Å². The second-order valence-corrected chi connectivity index (χ2v) is 8.50. The van der Waals surface area contributed by atoms with Crippen LogP contribution >= 0.6 is 0 Å². The molecule has 0 aromatic carbocycles. The fourth-order valence-electron chi connectivity index (χ4n) is 4.22. The summed E-state index contributed by atoms with van der Waals surface area (Å²) in [6, 6.07) is 4.40. The first-order valence-electron chi connectivity index (χ1n) is 10.8. The van der Waals surface area contributed by atoms with Crippen molar-refractivity contribution in [3.8, 4) is 5.69 Å². The number of amides is 1. The molecule has 32 heavy (non-hydrogen) atoms. The Morgan fingerprint density at radius 1 is 1.16 bits per heavy atom. The van der Waals surface area contributed by atoms with E-state index in [2.05, 4.69) is 15.4 Å². The number of carbonyl (C=O) groups excluding carboxylic acids is 1. The van der Waals surface area contributed by atoms with Crippen LogP contribution in [0.15, 0.2) is 30.6 Å². The van der Waals surface area contributed by atoms with Crippen molar-refractivity contribution in [3.63, 3.8) is 0 Å². The lowest BCUT2D eigenvalue weighted by Crippen LogP contribution is -2.30. The molecule has 1 unspecified atom stereocenters. The van der Waals surface area contributed by atoms with Gasteiger partial charge in [-0.05, 0) is 44.2 Å². The molecular formula is C22H23F3N6O. The number of carbonyl (C=O) groups is 1. The quantitative estimate of drug-likeness (QED) is 0.615. The Hall–Kier alpha value is -3.17. The molecule has 0 bridgehead atoms. The zero-order chi connectivity index (χ0) is 22.5. The van der Waals surface area contributed by atoms with Crippen LogP contribution in [0.1, 0.15) is 77.2 Å². The second kappa shape index (κ2) is 7.75. The molecule has 3 aromatic rings. The van der Waals surface area contributed by atoms with Gasteiger partial charge in [-0.15, -0.1) is 0 Å². The second-order valence-electron chi connectivity index (χ2n) is 8.50.